The molecule has 0 aliphatic heterocycles. The van der Waals surface area contributed by atoms with Crippen LogP contribution in [0.3, 0.4) is 0 Å². The molecular weight excluding hydrogens is 230 g/mol. The zero-order valence-corrected chi connectivity index (χ0v) is 11.0. The molecule has 0 aliphatic rings. The molecule has 1 atom stereocenters. The van der Waals surface area contributed by atoms with Crippen LogP contribution in [0, 0.1) is 6.92 Å². The number of hydrogen-bond acceptors (Lipinski definition) is 4. The van der Waals surface area contributed by atoms with Crippen LogP contribution in [0.15, 0.2) is 29.9 Å². The second-order valence-electron chi connectivity index (χ2n) is 3.97. The quantitative estimate of drug-likeness (QED) is 0.883. The number of pyridine rings is 1. The van der Waals surface area contributed by atoms with Gasteiger partial charge in [0.1, 0.15) is 0 Å². The Labute approximate surface area is 106 Å². The van der Waals surface area contributed by atoms with Gasteiger partial charge in [0, 0.05) is 17.8 Å². The van der Waals surface area contributed by atoms with Crippen molar-refractivity contribution in [2.45, 2.75) is 26.3 Å². The molecule has 1 unspecified atom stereocenters. The van der Waals surface area contributed by atoms with Crippen LogP contribution in [0.2, 0.25) is 0 Å². The SMILES string of the molecule is CCNC(Cc1cccnc1)c1csc(C)n1. The van der Waals surface area contributed by atoms with Gasteiger partial charge in [0.15, 0.2) is 0 Å². The van der Waals surface area contributed by atoms with E-state index in [0.717, 1.165) is 23.7 Å². The van der Waals surface area contributed by atoms with E-state index in [1.165, 1.54) is 5.56 Å². The van der Waals surface area contributed by atoms with Gasteiger partial charge in [0.2, 0.25) is 0 Å². The third kappa shape index (κ3) is 3.35. The van der Waals surface area contributed by atoms with Crippen LogP contribution >= 0.6 is 11.3 Å². The van der Waals surface area contributed by atoms with Crippen molar-refractivity contribution in [3.8, 4) is 0 Å². The van der Waals surface area contributed by atoms with E-state index >= 15 is 0 Å². The first-order chi connectivity index (χ1) is 8.29. The molecule has 4 heteroatoms. The maximum absolute atomic E-state index is 4.56. The third-order valence-electron chi connectivity index (χ3n) is 2.61. The van der Waals surface area contributed by atoms with E-state index in [-0.39, 0.29) is 6.04 Å². The van der Waals surface area contributed by atoms with Crippen molar-refractivity contribution < 1.29 is 0 Å². The van der Waals surface area contributed by atoms with Gasteiger partial charge in [-0.05, 0) is 31.5 Å². The number of aryl methyl sites for hydroxylation is 1. The van der Waals surface area contributed by atoms with Crippen LogP contribution in [-0.4, -0.2) is 16.5 Å². The second kappa shape index (κ2) is 5.89. The highest BCUT2D eigenvalue weighted by molar-refractivity contribution is 7.09. The van der Waals surface area contributed by atoms with Gasteiger partial charge in [-0.1, -0.05) is 13.0 Å². The summed E-state index contributed by atoms with van der Waals surface area (Å²) in [6, 6.07) is 4.37. The Morgan fingerprint density at radius 1 is 1.47 bits per heavy atom. The van der Waals surface area contributed by atoms with Crippen LogP contribution in [0.5, 0.6) is 0 Å². The number of thiazole rings is 1. The molecule has 2 heterocycles. The van der Waals surface area contributed by atoms with Gasteiger partial charge < -0.3 is 5.32 Å². The molecule has 1 N–H and O–H groups in total. The van der Waals surface area contributed by atoms with Gasteiger partial charge >= 0.3 is 0 Å². The summed E-state index contributed by atoms with van der Waals surface area (Å²) in [6.45, 7) is 5.11. The fraction of sp³-hybridized carbons (Fsp3) is 0.385. The van der Waals surface area contributed by atoms with Gasteiger partial charge in [-0.2, -0.15) is 0 Å². The first-order valence-electron chi connectivity index (χ1n) is 5.84. The molecule has 3 nitrogen and oxygen atoms in total. The van der Waals surface area contributed by atoms with Crippen LogP contribution in [0.4, 0.5) is 0 Å². The molecule has 0 saturated heterocycles. The summed E-state index contributed by atoms with van der Waals surface area (Å²) in [5.74, 6) is 0. The number of rotatable bonds is 5. The van der Waals surface area contributed by atoms with E-state index in [1.54, 1.807) is 17.5 Å². The van der Waals surface area contributed by atoms with Crippen molar-refractivity contribution in [3.05, 3.63) is 46.2 Å². The minimum absolute atomic E-state index is 0.286. The molecule has 2 rings (SSSR count). The molecule has 0 aromatic carbocycles. The standard InChI is InChI=1S/C13H17N3S/c1-3-15-12(13-9-17-10(2)16-13)7-11-5-4-6-14-8-11/h4-6,8-9,12,15H,3,7H2,1-2H3. The summed E-state index contributed by atoms with van der Waals surface area (Å²) in [7, 11) is 0. The predicted molar refractivity (Wildman–Crippen MR) is 71.2 cm³/mol. The average Bonchev–Trinajstić information content (AvgIpc) is 2.77. The van der Waals surface area contributed by atoms with Gasteiger partial charge in [-0.3, -0.25) is 4.98 Å². The summed E-state index contributed by atoms with van der Waals surface area (Å²) in [5, 5.41) is 6.73. The zero-order valence-electron chi connectivity index (χ0n) is 10.2. The minimum atomic E-state index is 0.286. The van der Waals surface area contributed by atoms with E-state index in [0.29, 0.717) is 0 Å². The Kier molecular flexibility index (Phi) is 4.23. The van der Waals surface area contributed by atoms with Gasteiger partial charge in [-0.25, -0.2) is 4.98 Å². The normalized spacial score (nSPS) is 12.6. The van der Waals surface area contributed by atoms with Crippen molar-refractivity contribution in [1.82, 2.24) is 15.3 Å². The highest BCUT2D eigenvalue weighted by Crippen LogP contribution is 2.20. The highest BCUT2D eigenvalue weighted by atomic mass is 32.1. The Bertz CT molecular complexity index is 453. The number of nitrogens with zero attached hydrogens (tertiary/aromatic N) is 2. The third-order valence-corrected chi connectivity index (χ3v) is 3.40. The maximum atomic E-state index is 4.56. The molecule has 0 spiro atoms. The zero-order chi connectivity index (χ0) is 12.1. The number of nitrogens with one attached hydrogen (secondary N) is 1. The molecule has 0 bridgehead atoms. The number of likely N-dealkylation sites (N-methyl/N-ethyl adjacent to an activating group) is 1. The van der Waals surface area contributed by atoms with E-state index in [9.17, 15) is 0 Å². The molecule has 90 valence electrons. The lowest BCUT2D eigenvalue weighted by atomic mass is 10.1. The van der Waals surface area contributed by atoms with Gasteiger partial charge in [-0.15, -0.1) is 11.3 Å². The van der Waals surface area contributed by atoms with Crippen molar-refractivity contribution in [1.29, 1.82) is 0 Å². The highest BCUT2D eigenvalue weighted by Gasteiger charge is 2.13. The smallest absolute Gasteiger partial charge is 0.0898 e. The van der Waals surface area contributed by atoms with Crippen LogP contribution < -0.4 is 5.32 Å². The number of aromatic nitrogens is 2. The molecule has 0 radical (unpaired) electrons. The van der Waals surface area contributed by atoms with Crippen LogP contribution in [0.25, 0.3) is 0 Å². The lowest BCUT2D eigenvalue weighted by Gasteiger charge is -2.15. The fourth-order valence-corrected chi connectivity index (χ4v) is 2.49. The Balaban J connectivity index is 2.13. The Morgan fingerprint density at radius 3 is 2.94 bits per heavy atom. The Hall–Kier alpha value is -1.26. The lowest BCUT2D eigenvalue weighted by Crippen LogP contribution is -2.23. The van der Waals surface area contributed by atoms with E-state index < -0.39 is 0 Å². The molecular formula is C13H17N3S. The van der Waals surface area contributed by atoms with Crippen molar-refractivity contribution in [2.75, 3.05) is 6.54 Å². The number of hydrogen-bond donors (Lipinski definition) is 1. The monoisotopic (exact) mass is 247 g/mol. The van der Waals surface area contributed by atoms with Crippen LogP contribution in [0.1, 0.15) is 29.2 Å². The average molecular weight is 247 g/mol. The second-order valence-corrected chi connectivity index (χ2v) is 5.03. The minimum Gasteiger partial charge on any atom is -0.309 e. The topological polar surface area (TPSA) is 37.8 Å². The molecule has 0 amide bonds. The largest absolute Gasteiger partial charge is 0.309 e. The van der Waals surface area contributed by atoms with E-state index in [1.807, 2.05) is 19.2 Å². The Morgan fingerprint density at radius 2 is 2.35 bits per heavy atom. The molecule has 2 aromatic heterocycles. The van der Waals surface area contributed by atoms with E-state index in [4.69, 9.17) is 0 Å². The summed E-state index contributed by atoms with van der Waals surface area (Å²) in [5.41, 5.74) is 2.38. The summed E-state index contributed by atoms with van der Waals surface area (Å²) < 4.78 is 0. The summed E-state index contributed by atoms with van der Waals surface area (Å²) in [6.07, 6.45) is 4.66. The fourth-order valence-electron chi connectivity index (χ4n) is 1.82. The summed E-state index contributed by atoms with van der Waals surface area (Å²) >= 11 is 1.70. The summed E-state index contributed by atoms with van der Waals surface area (Å²) in [4.78, 5) is 8.71. The van der Waals surface area contributed by atoms with Crippen molar-refractivity contribution >= 4 is 11.3 Å². The molecule has 17 heavy (non-hydrogen) atoms. The van der Waals surface area contributed by atoms with E-state index in [2.05, 4.69) is 33.7 Å². The van der Waals surface area contributed by atoms with Crippen molar-refractivity contribution in [2.24, 2.45) is 0 Å². The molecule has 2 aromatic rings. The first kappa shape index (κ1) is 12.2. The first-order valence-corrected chi connectivity index (χ1v) is 6.72. The van der Waals surface area contributed by atoms with Crippen molar-refractivity contribution in [3.63, 3.8) is 0 Å². The van der Waals surface area contributed by atoms with Crippen LogP contribution in [-0.2, 0) is 6.42 Å². The molecule has 0 fully saturated rings. The maximum Gasteiger partial charge on any atom is 0.0898 e. The van der Waals surface area contributed by atoms with Gasteiger partial charge in [0.05, 0.1) is 16.7 Å². The predicted octanol–water partition coefficient (Wildman–Crippen LogP) is 2.74. The van der Waals surface area contributed by atoms with Gasteiger partial charge in [0.25, 0.3) is 0 Å². The molecule has 0 aliphatic carbocycles. The lowest BCUT2D eigenvalue weighted by molar-refractivity contribution is 0.538. The molecule has 0 saturated carbocycles.